The number of nitrogens with one attached hydrogen (secondary N) is 1. The van der Waals surface area contributed by atoms with Crippen LogP contribution < -0.4 is 5.32 Å². The van der Waals surface area contributed by atoms with Crippen LogP contribution in [0.2, 0.25) is 0 Å². The monoisotopic (exact) mass is 350 g/mol. The third-order valence-electron chi connectivity index (χ3n) is 4.77. The molecule has 0 radical (unpaired) electrons. The summed E-state index contributed by atoms with van der Waals surface area (Å²) in [7, 11) is 0. The van der Waals surface area contributed by atoms with Gasteiger partial charge in [-0.25, -0.2) is 4.68 Å². The van der Waals surface area contributed by atoms with E-state index in [9.17, 15) is 4.79 Å². The number of hydrogen-bond donors (Lipinski definition) is 1. The maximum atomic E-state index is 12.6. The van der Waals surface area contributed by atoms with Gasteiger partial charge in [0.2, 0.25) is 0 Å². The lowest BCUT2D eigenvalue weighted by Gasteiger charge is -2.25. The van der Waals surface area contributed by atoms with Gasteiger partial charge in [-0.05, 0) is 50.2 Å². The van der Waals surface area contributed by atoms with Crippen molar-refractivity contribution in [3.8, 4) is 5.69 Å². The predicted molar refractivity (Wildman–Crippen MR) is 98.2 cm³/mol. The predicted octanol–water partition coefficient (Wildman–Crippen LogP) is 3.03. The second kappa shape index (κ2) is 7.58. The number of aromatic nitrogens is 2. The van der Waals surface area contributed by atoms with E-state index in [4.69, 9.17) is 4.42 Å². The van der Waals surface area contributed by atoms with E-state index in [1.54, 1.807) is 23.3 Å². The maximum absolute atomic E-state index is 12.6. The minimum Gasteiger partial charge on any atom is -0.468 e. The Labute approximate surface area is 152 Å². The van der Waals surface area contributed by atoms with Gasteiger partial charge in [-0.1, -0.05) is 18.2 Å². The number of para-hydroxylation sites is 1. The van der Waals surface area contributed by atoms with Gasteiger partial charge >= 0.3 is 0 Å². The Morgan fingerprint density at radius 2 is 1.96 bits per heavy atom. The van der Waals surface area contributed by atoms with E-state index < -0.39 is 0 Å². The molecule has 6 heteroatoms. The first-order valence-corrected chi connectivity index (χ1v) is 8.97. The van der Waals surface area contributed by atoms with Gasteiger partial charge in [0, 0.05) is 12.7 Å². The Hall–Kier alpha value is -2.86. The molecule has 0 spiro atoms. The molecule has 1 aliphatic heterocycles. The average Bonchev–Trinajstić information content (AvgIpc) is 3.44. The number of rotatable bonds is 6. The Bertz CT molecular complexity index is 836. The Kier molecular flexibility index (Phi) is 4.84. The summed E-state index contributed by atoms with van der Waals surface area (Å²) in [6.45, 7) is 2.59. The third kappa shape index (κ3) is 3.55. The largest absolute Gasteiger partial charge is 0.468 e. The lowest BCUT2D eigenvalue weighted by atomic mass is 10.2. The Morgan fingerprint density at radius 3 is 2.69 bits per heavy atom. The van der Waals surface area contributed by atoms with Crippen LogP contribution >= 0.6 is 0 Å². The van der Waals surface area contributed by atoms with Gasteiger partial charge in [-0.3, -0.25) is 9.69 Å². The standard InChI is InChI=1S/C20H22N4O2/c25-20(16-13-22-24(15-16)17-7-2-1-3-8-17)21-14-18(19-9-6-12-26-19)23-10-4-5-11-23/h1-3,6-9,12-13,15,18H,4-5,10-11,14H2,(H,21,25)/t18-/m1/s1. The Morgan fingerprint density at radius 1 is 1.15 bits per heavy atom. The van der Waals surface area contributed by atoms with Crippen molar-refractivity contribution in [1.29, 1.82) is 0 Å². The fraction of sp³-hybridized carbons (Fsp3) is 0.300. The lowest BCUT2D eigenvalue weighted by molar-refractivity contribution is 0.0934. The second-order valence-electron chi connectivity index (χ2n) is 6.49. The molecule has 2 aromatic heterocycles. The molecular formula is C20H22N4O2. The minimum atomic E-state index is -0.122. The number of amides is 1. The lowest BCUT2D eigenvalue weighted by Crippen LogP contribution is -2.36. The summed E-state index contributed by atoms with van der Waals surface area (Å²) in [6, 6.07) is 13.7. The van der Waals surface area contributed by atoms with Gasteiger partial charge in [0.1, 0.15) is 5.76 Å². The quantitative estimate of drug-likeness (QED) is 0.742. The highest BCUT2D eigenvalue weighted by molar-refractivity contribution is 5.93. The molecule has 6 nitrogen and oxygen atoms in total. The highest BCUT2D eigenvalue weighted by atomic mass is 16.3. The average molecular weight is 350 g/mol. The van der Waals surface area contributed by atoms with Crippen molar-refractivity contribution in [3.63, 3.8) is 0 Å². The zero-order valence-corrected chi connectivity index (χ0v) is 14.5. The molecule has 1 amide bonds. The molecule has 0 unspecified atom stereocenters. The van der Waals surface area contributed by atoms with Crippen LogP contribution in [-0.4, -0.2) is 40.2 Å². The molecule has 0 aliphatic carbocycles. The van der Waals surface area contributed by atoms with Crippen LogP contribution in [0.25, 0.3) is 5.69 Å². The molecule has 3 aromatic rings. The molecule has 134 valence electrons. The van der Waals surface area contributed by atoms with Crippen molar-refractivity contribution in [3.05, 3.63) is 72.4 Å². The van der Waals surface area contributed by atoms with Crippen LogP contribution in [0.1, 0.15) is 35.0 Å². The van der Waals surface area contributed by atoms with Crippen molar-refractivity contribution in [2.24, 2.45) is 0 Å². The smallest absolute Gasteiger partial charge is 0.254 e. The molecule has 1 saturated heterocycles. The molecule has 3 heterocycles. The van der Waals surface area contributed by atoms with Crippen LogP contribution in [-0.2, 0) is 0 Å². The highest BCUT2D eigenvalue weighted by Gasteiger charge is 2.26. The number of hydrogen-bond acceptors (Lipinski definition) is 4. The number of furan rings is 1. The molecule has 1 N–H and O–H groups in total. The summed E-state index contributed by atoms with van der Waals surface area (Å²) in [6.07, 6.45) is 7.41. The maximum Gasteiger partial charge on any atom is 0.254 e. The third-order valence-corrected chi connectivity index (χ3v) is 4.77. The normalized spacial score (nSPS) is 15.8. The summed E-state index contributed by atoms with van der Waals surface area (Å²) < 4.78 is 7.31. The van der Waals surface area contributed by atoms with E-state index in [2.05, 4.69) is 15.3 Å². The molecule has 1 atom stereocenters. The molecule has 1 fully saturated rings. The zero-order chi connectivity index (χ0) is 17.8. The van der Waals surface area contributed by atoms with E-state index in [-0.39, 0.29) is 11.9 Å². The van der Waals surface area contributed by atoms with Crippen molar-refractivity contribution >= 4 is 5.91 Å². The van der Waals surface area contributed by atoms with Crippen LogP contribution in [0.4, 0.5) is 0 Å². The highest BCUT2D eigenvalue weighted by Crippen LogP contribution is 2.25. The summed E-state index contributed by atoms with van der Waals surface area (Å²) >= 11 is 0. The van der Waals surface area contributed by atoms with E-state index in [1.807, 2.05) is 42.5 Å². The number of carbonyl (C=O) groups excluding carboxylic acids is 1. The van der Waals surface area contributed by atoms with Crippen molar-refractivity contribution < 1.29 is 9.21 Å². The molecule has 0 bridgehead atoms. The van der Waals surface area contributed by atoms with Gasteiger partial charge in [0.25, 0.3) is 5.91 Å². The van der Waals surface area contributed by atoms with E-state index in [1.165, 1.54) is 12.8 Å². The van der Waals surface area contributed by atoms with Gasteiger partial charge in [-0.2, -0.15) is 5.10 Å². The fourth-order valence-electron chi connectivity index (χ4n) is 3.40. The fourth-order valence-corrected chi connectivity index (χ4v) is 3.40. The van der Waals surface area contributed by atoms with Crippen molar-refractivity contribution in [2.45, 2.75) is 18.9 Å². The number of likely N-dealkylation sites (tertiary alicyclic amines) is 1. The topological polar surface area (TPSA) is 63.3 Å². The SMILES string of the molecule is O=C(NC[C@H](c1ccco1)N1CCCC1)c1cnn(-c2ccccc2)c1. The molecule has 1 aromatic carbocycles. The summed E-state index contributed by atoms with van der Waals surface area (Å²) in [5.41, 5.74) is 1.48. The zero-order valence-electron chi connectivity index (χ0n) is 14.5. The minimum absolute atomic E-state index is 0.0700. The van der Waals surface area contributed by atoms with E-state index >= 15 is 0 Å². The Balaban J connectivity index is 1.43. The molecular weight excluding hydrogens is 328 g/mol. The van der Waals surface area contributed by atoms with Crippen molar-refractivity contribution in [2.75, 3.05) is 19.6 Å². The van der Waals surface area contributed by atoms with E-state index in [0.29, 0.717) is 12.1 Å². The van der Waals surface area contributed by atoms with Crippen LogP contribution in [0.3, 0.4) is 0 Å². The van der Waals surface area contributed by atoms with Crippen LogP contribution in [0.5, 0.6) is 0 Å². The molecule has 0 saturated carbocycles. The second-order valence-corrected chi connectivity index (χ2v) is 6.49. The summed E-state index contributed by atoms with van der Waals surface area (Å²) in [5, 5.41) is 7.32. The van der Waals surface area contributed by atoms with Crippen LogP contribution in [0.15, 0.2) is 65.5 Å². The summed E-state index contributed by atoms with van der Waals surface area (Å²) in [5.74, 6) is 0.773. The van der Waals surface area contributed by atoms with Gasteiger partial charge in [0.05, 0.1) is 29.8 Å². The van der Waals surface area contributed by atoms with Gasteiger partial charge in [0.15, 0.2) is 0 Å². The first-order chi connectivity index (χ1) is 12.8. The molecule has 26 heavy (non-hydrogen) atoms. The number of carbonyl (C=O) groups is 1. The first-order valence-electron chi connectivity index (χ1n) is 8.97. The number of nitrogens with zero attached hydrogens (tertiary/aromatic N) is 3. The van der Waals surface area contributed by atoms with Crippen molar-refractivity contribution in [1.82, 2.24) is 20.0 Å². The van der Waals surface area contributed by atoms with Crippen LogP contribution in [0, 0.1) is 0 Å². The van der Waals surface area contributed by atoms with E-state index in [0.717, 1.165) is 24.5 Å². The van der Waals surface area contributed by atoms with Gasteiger partial charge < -0.3 is 9.73 Å². The summed E-state index contributed by atoms with van der Waals surface area (Å²) in [4.78, 5) is 14.9. The molecule has 4 rings (SSSR count). The number of benzene rings is 1. The molecule has 1 aliphatic rings. The van der Waals surface area contributed by atoms with Gasteiger partial charge in [-0.15, -0.1) is 0 Å². The first kappa shape index (κ1) is 16.6.